The van der Waals surface area contributed by atoms with E-state index in [4.69, 9.17) is 19.9 Å². The summed E-state index contributed by atoms with van der Waals surface area (Å²) in [5.41, 5.74) is 14.5. The van der Waals surface area contributed by atoms with Crippen molar-refractivity contribution in [3.63, 3.8) is 0 Å². The van der Waals surface area contributed by atoms with Crippen molar-refractivity contribution in [3.05, 3.63) is 237 Å². The minimum absolute atomic E-state index is 0.549. The molecule has 68 heavy (non-hydrogen) atoms. The van der Waals surface area contributed by atoms with Gasteiger partial charge in [-0.1, -0.05) is 182 Å². The van der Waals surface area contributed by atoms with E-state index in [0.29, 0.717) is 17.5 Å². The van der Waals surface area contributed by atoms with Crippen LogP contribution in [0.1, 0.15) is 0 Å². The lowest BCUT2D eigenvalue weighted by atomic mass is 9.91. The van der Waals surface area contributed by atoms with Crippen LogP contribution in [0.5, 0.6) is 0 Å². The number of hydrogen-bond donors (Lipinski definition) is 0. The molecule has 0 N–H and O–H groups in total. The summed E-state index contributed by atoms with van der Waals surface area (Å²) in [7, 11) is 0. The van der Waals surface area contributed by atoms with E-state index in [2.05, 4.69) is 174 Å². The van der Waals surface area contributed by atoms with Crippen LogP contribution in [0, 0.1) is 0 Å². The first-order valence-electron chi connectivity index (χ1n) is 22.8. The van der Waals surface area contributed by atoms with Gasteiger partial charge in [0.1, 0.15) is 0 Å². The molecule has 5 nitrogen and oxygen atoms in total. The summed E-state index contributed by atoms with van der Waals surface area (Å²) in [6.45, 7) is 0. The molecule has 0 saturated carbocycles. The normalized spacial score (nSPS) is 11.5. The summed E-state index contributed by atoms with van der Waals surface area (Å²) in [5, 5.41) is 4.87. The van der Waals surface area contributed by atoms with Gasteiger partial charge < -0.3 is 4.57 Å². The van der Waals surface area contributed by atoms with Gasteiger partial charge in [0.2, 0.25) is 0 Å². The fourth-order valence-corrected chi connectivity index (χ4v) is 10.8. The van der Waals surface area contributed by atoms with Crippen molar-refractivity contribution < 1.29 is 0 Å². The van der Waals surface area contributed by atoms with Crippen LogP contribution in [0.25, 0.3) is 126 Å². The molecular weight excluding hydrogens is 847 g/mol. The third-order valence-corrected chi connectivity index (χ3v) is 14.0. The lowest BCUT2D eigenvalue weighted by molar-refractivity contribution is 1.07. The molecule has 0 spiro atoms. The zero-order valence-corrected chi connectivity index (χ0v) is 37.5. The summed E-state index contributed by atoms with van der Waals surface area (Å²) in [6, 6.07) is 81.2. The number of benzene rings is 9. The van der Waals surface area contributed by atoms with Crippen LogP contribution < -0.4 is 0 Å². The summed E-state index contributed by atoms with van der Waals surface area (Å²) in [4.78, 5) is 21.1. The highest BCUT2D eigenvalue weighted by Crippen LogP contribution is 2.45. The first-order valence-corrected chi connectivity index (χ1v) is 23.6. The molecule has 318 valence electrons. The molecule has 0 radical (unpaired) electrons. The van der Waals surface area contributed by atoms with E-state index in [-0.39, 0.29) is 0 Å². The van der Waals surface area contributed by atoms with Crippen molar-refractivity contribution in [2.75, 3.05) is 0 Å². The highest BCUT2D eigenvalue weighted by atomic mass is 32.1. The van der Waals surface area contributed by atoms with Crippen LogP contribution >= 0.6 is 11.3 Å². The van der Waals surface area contributed by atoms with Gasteiger partial charge in [-0.2, -0.15) is 0 Å². The second-order valence-corrected chi connectivity index (χ2v) is 18.1. The Morgan fingerprint density at radius 2 is 0.882 bits per heavy atom. The molecule has 6 heteroatoms. The van der Waals surface area contributed by atoms with Gasteiger partial charge in [-0.25, -0.2) is 15.0 Å². The molecule has 0 fully saturated rings. The summed E-state index contributed by atoms with van der Waals surface area (Å²) >= 11 is 1.83. The number of aromatic nitrogens is 5. The van der Waals surface area contributed by atoms with E-state index >= 15 is 0 Å². The van der Waals surface area contributed by atoms with E-state index in [1.54, 1.807) is 0 Å². The third kappa shape index (κ3) is 6.86. The topological polar surface area (TPSA) is 56.5 Å². The maximum Gasteiger partial charge on any atom is 0.166 e. The molecule has 0 amide bonds. The number of thiophene rings is 1. The van der Waals surface area contributed by atoms with Crippen LogP contribution in [0.3, 0.4) is 0 Å². The van der Waals surface area contributed by atoms with Crippen molar-refractivity contribution in [3.8, 4) is 84.5 Å². The maximum atomic E-state index is 5.42. The first kappa shape index (κ1) is 39.5. The standard InChI is InChI=1S/C62H39N5S/c1-6-18-40(19-7-1)48-32-30-44(36-51(48)41-20-8-2-9-21-41)46-38-53(62-65-60(42-22-10-3-11-23-42)64-61(66-62)43-24-12-4-13-25-43)58(63-39-46)45-31-34-55-52(37-45)57-56(68-55)35-33-50-49-28-16-17-29-54(49)67(59(50)57)47-26-14-5-15-27-47/h1-39H. The number of fused-ring (bicyclic) bond motifs is 7. The minimum Gasteiger partial charge on any atom is -0.309 e. The molecule has 13 aromatic rings. The Hall–Kier alpha value is -8.84. The smallest absolute Gasteiger partial charge is 0.166 e. The van der Waals surface area contributed by atoms with E-state index in [1.807, 2.05) is 78.2 Å². The van der Waals surface area contributed by atoms with Crippen LogP contribution in [0.4, 0.5) is 0 Å². The van der Waals surface area contributed by atoms with Gasteiger partial charge in [0.05, 0.1) is 16.7 Å². The van der Waals surface area contributed by atoms with E-state index in [9.17, 15) is 0 Å². The second-order valence-electron chi connectivity index (χ2n) is 17.0. The molecule has 0 atom stereocenters. The zero-order chi connectivity index (χ0) is 45.0. The minimum atomic E-state index is 0.549. The molecule has 0 aliphatic heterocycles. The average Bonchev–Trinajstić information content (AvgIpc) is 3.97. The molecule has 0 aliphatic carbocycles. The SMILES string of the molecule is c1ccc(-c2nc(-c3ccccc3)nc(-c3cc(-c4ccc(-c5ccccc5)c(-c5ccccc5)c4)cnc3-c3ccc4sc5ccc6c7ccccc7n(-c7ccccc7)c6c5c4c3)n2)cc1. The lowest BCUT2D eigenvalue weighted by Crippen LogP contribution is -2.02. The predicted octanol–water partition coefficient (Wildman–Crippen LogP) is 16.4. The van der Waals surface area contributed by atoms with Crippen molar-refractivity contribution >= 4 is 53.3 Å². The van der Waals surface area contributed by atoms with Gasteiger partial charge in [-0.3, -0.25) is 4.98 Å². The third-order valence-electron chi connectivity index (χ3n) is 12.9. The second kappa shape index (κ2) is 16.5. The Bertz CT molecular complexity index is 3940. The van der Waals surface area contributed by atoms with Gasteiger partial charge in [-0.15, -0.1) is 11.3 Å². The molecular formula is C62H39N5S. The highest BCUT2D eigenvalue weighted by molar-refractivity contribution is 7.26. The number of nitrogens with zero attached hydrogens (tertiary/aromatic N) is 5. The van der Waals surface area contributed by atoms with Crippen LogP contribution in [0.15, 0.2) is 237 Å². The molecule has 0 saturated heterocycles. The Balaban J connectivity index is 1.07. The predicted molar refractivity (Wildman–Crippen MR) is 283 cm³/mol. The van der Waals surface area contributed by atoms with Gasteiger partial charge in [-0.05, 0) is 76.3 Å². The van der Waals surface area contributed by atoms with E-state index in [0.717, 1.165) is 61.5 Å². The molecule has 0 unspecified atom stereocenters. The lowest BCUT2D eigenvalue weighted by Gasteiger charge is -2.15. The number of rotatable bonds is 8. The average molecular weight is 886 g/mol. The monoisotopic (exact) mass is 885 g/mol. The first-order chi connectivity index (χ1) is 33.7. The summed E-state index contributed by atoms with van der Waals surface area (Å²) in [5.74, 6) is 1.74. The molecule has 13 rings (SSSR count). The maximum absolute atomic E-state index is 5.42. The molecule has 0 aliphatic rings. The Kier molecular flexibility index (Phi) is 9.62. The van der Waals surface area contributed by atoms with E-state index in [1.165, 1.54) is 47.5 Å². The Morgan fingerprint density at radius 1 is 0.338 bits per heavy atom. The van der Waals surface area contributed by atoms with Crippen LogP contribution in [-0.4, -0.2) is 24.5 Å². The van der Waals surface area contributed by atoms with Gasteiger partial charge >= 0.3 is 0 Å². The van der Waals surface area contributed by atoms with Crippen LogP contribution in [-0.2, 0) is 0 Å². The molecule has 4 heterocycles. The fourth-order valence-electron chi connectivity index (χ4n) is 9.71. The largest absolute Gasteiger partial charge is 0.309 e. The Labute approximate surface area is 397 Å². The summed E-state index contributed by atoms with van der Waals surface area (Å²) in [6.07, 6.45) is 2.00. The van der Waals surface area contributed by atoms with Crippen molar-refractivity contribution in [1.82, 2.24) is 24.5 Å². The molecule has 0 bridgehead atoms. The fraction of sp³-hybridized carbons (Fsp3) is 0. The Morgan fingerprint density at radius 3 is 1.56 bits per heavy atom. The zero-order valence-electron chi connectivity index (χ0n) is 36.7. The van der Waals surface area contributed by atoms with Crippen molar-refractivity contribution in [1.29, 1.82) is 0 Å². The van der Waals surface area contributed by atoms with Crippen molar-refractivity contribution in [2.45, 2.75) is 0 Å². The summed E-state index contributed by atoms with van der Waals surface area (Å²) < 4.78 is 4.88. The van der Waals surface area contributed by atoms with Crippen molar-refractivity contribution in [2.24, 2.45) is 0 Å². The number of pyridine rings is 1. The molecule has 4 aromatic heterocycles. The number of hydrogen-bond acceptors (Lipinski definition) is 5. The highest BCUT2D eigenvalue weighted by Gasteiger charge is 2.22. The van der Waals surface area contributed by atoms with Gasteiger partial charge in [0, 0.05) is 70.6 Å². The van der Waals surface area contributed by atoms with Gasteiger partial charge in [0.15, 0.2) is 17.5 Å². The molecule has 9 aromatic carbocycles. The van der Waals surface area contributed by atoms with E-state index < -0.39 is 0 Å². The van der Waals surface area contributed by atoms with Crippen LogP contribution in [0.2, 0.25) is 0 Å². The number of para-hydroxylation sites is 2. The quantitative estimate of drug-likeness (QED) is 0.153. The van der Waals surface area contributed by atoms with Gasteiger partial charge in [0.25, 0.3) is 0 Å².